The number of fused-ring (bicyclic) bond motifs is 1. The zero-order chi connectivity index (χ0) is 23.2. The second kappa shape index (κ2) is 9.79. The second-order valence-electron chi connectivity index (χ2n) is 6.55. The average molecular weight is 436 g/mol. The van der Waals surface area contributed by atoms with Crippen molar-refractivity contribution >= 4 is 34.2 Å². The fraction of sp³-hybridized carbons (Fsp3) is 0.190. The van der Waals surface area contributed by atoms with Gasteiger partial charge in [-0.25, -0.2) is 9.59 Å². The standard InChI is InChI=1S/C19H18N2O3.C2HF3O2/c1-12-10-19(23)24-17-11-15(7-8-16(12)17)21-18(22)9-4-13-2-5-14(20)6-3-13;3-2(4,5)1(6)7/h2-3,5-8,10-11H,4,9,20H2,1H3,(H,21,22);(H,6,7). The van der Waals surface area contributed by atoms with Crippen LogP contribution in [0, 0.1) is 6.92 Å². The van der Waals surface area contributed by atoms with Gasteiger partial charge in [0.25, 0.3) is 0 Å². The zero-order valence-corrected chi connectivity index (χ0v) is 16.3. The Balaban J connectivity index is 0.000000423. The number of nitrogens with two attached hydrogens (primary N) is 1. The minimum Gasteiger partial charge on any atom is -0.475 e. The number of hydrogen-bond donors (Lipinski definition) is 3. The minimum atomic E-state index is -5.08. The summed E-state index contributed by atoms with van der Waals surface area (Å²) in [6.45, 7) is 1.85. The molecule has 1 heterocycles. The molecule has 2 aromatic carbocycles. The molecule has 0 aliphatic carbocycles. The van der Waals surface area contributed by atoms with E-state index in [4.69, 9.17) is 20.1 Å². The van der Waals surface area contributed by atoms with Crippen molar-refractivity contribution < 1.29 is 32.3 Å². The van der Waals surface area contributed by atoms with Gasteiger partial charge in [0.05, 0.1) is 0 Å². The van der Waals surface area contributed by atoms with Gasteiger partial charge in [0.2, 0.25) is 5.91 Å². The van der Waals surface area contributed by atoms with Crippen LogP contribution >= 0.6 is 0 Å². The number of carbonyl (C=O) groups is 2. The van der Waals surface area contributed by atoms with E-state index in [0.29, 0.717) is 29.8 Å². The molecule has 7 nitrogen and oxygen atoms in total. The Morgan fingerprint density at radius 2 is 1.71 bits per heavy atom. The highest BCUT2D eigenvalue weighted by Crippen LogP contribution is 2.21. The van der Waals surface area contributed by atoms with E-state index in [9.17, 15) is 22.8 Å². The maximum atomic E-state index is 12.1. The summed E-state index contributed by atoms with van der Waals surface area (Å²) in [6.07, 6.45) is -4.09. The van der Waals surface area contributed by atoms with Crippen LogP contribution in [0.4, 0.5) is 24.5 Å². The van der Waals surface area contributed by atoms with Gasteiger partial charge >= 0.3 is 17.8 Å². The molecule has 0 radical (unpaired) electrons. The Hall–Kier alpha value is -3.82. The largest absolute Gasteiger partial charge is 0.490 e. The number of aryl methyl sites for hydroxylation is 2. The molecule has 10 heteroatoms. The van der Waals surface area contributed by atoms with E-state index in [2.05, 4.69) is 5.32 Å². The van der Waals surface area contributed by atoms with Crippen LogP contribution in [0.2, 0.25) is 0 Å². The lowest BCUT2D eigenvalue weighted by Gasteiger charge is -2.07. The van der Waals surface area contributed by atoms with Crippen LogP contribution in [0.25, 0.3) is 11.0 Å². The number of carbonyl (C=O) groups excluding carboxylic acids is 1. The topological polar surface area (TPSA) is 123 Å². The Morgan fingerprint density at radius 3 is 2.29 bits per heavy atom. The molecule has 1 amide bonds. The molecule has 3 aromatic rings. The number of alkyl halides is 3. The van der Waals surface area contributed by atoms with Gasteiger partial charge in [0.1, 0.15) is 5.58 Å². The number of nitrogen functional groups attached to an aromatic ring is 1. The molecule has 0 spiro atoms. The third kappa shape index (κ3) is 7.18. The highest BCUT2D eigenvalue weighted by atomic mass is 19.4. The van der Waals surface area contributed by atoms with Crippen molar-refractivity contribution in [1.82, 2.24) is 0 Å². The first-order valence-electron chi connectivity index (χ1n) is 8.94. The number of aliphatic carboxylic acids is 1. The maximum Gasteiger partial charge on any atom is 0.490 e. The fourth-order valence-electron chi connectivity index (χ4n) is 2.57. The summed E-state index contributed by atoms with van der Waals surface area (Å²) in [5.41, 5.74) is 8.93. The van der Waals surface area contributed by atoms with E-state index >= 15 is 0 Å². The maximum absolute atomic E-state index is 12.1. The van der Waals surface area contributed by atoms with Crippen molar-refractivity contribution in [2.24, 2.45) is 0 Å². The van der Waals surface area contributed by atoms with Gasteiger partial charge in [0.15, 0.2) is 0 Å². The van der Waals surface area contributed by atoms with Crippen LogP contribution in [-0.4, -0.2) is 23.2 Å². The van der Waals surface area contributed by atoms with Crippen LogP contribution in [0.15, 0.2) is 57.7 Å². The number of nitrogens with one attached hydrogen (secondary N) is 1. The van der Waals surface area contributed by atoms with Crippen LogP contribution in [0.1, 0.15) is 17.5 Å². The molecule has 31 heavy (non-hydrogen) atoms. The van der Waals surface area contributed by atoms with E-state index in [1.807, 2.05) is 37.3 Å². The highest BCUT2D eigenvalue weighted by Gasteiger charge is 2.38. The molecule has 0 fully saturated rings. The number of carboxylic acid groups (broad SMARTS) is 1. The van der Waals surface area contributed by atoms with Crippen molar-refractivity contribution in [3.63, 3.8) is 0 Å². The summed E-state index contributed by atoms with van der Waals surface area (Å²) in [7, 11) is 0. The Bertz CT molecular complexity index is 1140. The lowest BCUT2D eigenvalue weighted by molar-refractivity contribution is -0.192. The number of amides is 1. The van der Waals surface area contributed by atoms with Crippen LogP contribution in [0.5, 0.6) is 0 Å². The number of carboxylic acids is 1. The molecule has 0 atom stereocenters. The van der Waals surface area contributed by atoms with Crippen LogP contribution in [0.3, 0.4) is 0 Å². The Kier molecular flexibility index (Phi) is 7.41. The summed E-state index contributed by atoms with van der Waals surface area (Å²) in [5.74, 6) is -2.85. The lowest BCUT2D eigenvalue weighted by Crippen LogP contribution is -2.21. The molecule has 3 rings (SSSR count). The van der Waals surface area contributed by atoms with Gasteiger partial charge in [-0.3, -0.25) is 4.79 Å². The minimum absolute atomic E-state index is 0.0961. The van der Waals surface area contributed by atoms with Crippen molar-refractivity contribution in [3.05, 3.63) is 70.1 Å². The lowest BCUT2D eigenvalue weighted by atomic mass is 10.1. The van der Waals surface area contributed by atoms with E-state index in [1.54, 1.807) is 12.1 Å². The molecule has 0 bridgehead atoms. The van der Waals surface area contributed by atoms with Crippen molar-refractivity contribution in [2.75, 3.05) is 11.1 Å². The molecule has 1 aromatic heterocycles. The summed E-state index contributed by atoms with van der Waals surface area (Å²) < 4.78 is 36.9. The van der Waals surface area contributed by atoms with E-state index in [0.717, 1.165) is 16.5 Å². The number of benzene rings is 2. The number of halogens is 3. The van der Waals surface area contributed by atoms with Gasteiger partial charge in [-0.15, -0.1) is 0 Å². The van der Waals surface area contributed by atoms with Crippen molar-refractivity contribution in [3.8, 4) is 0 Å². The number of hydrogen-bond acceptors (Lipinski definition) is 5. The molecule has 0 saturated heterocycles. The summed E-state index contributed by atoms with van der Waals surface area (Å²) in [4.78, 5) is 32.4. The van der Waals surface area contributed by atoms with Gasteiger partial charge in [-0.1, -0.05) is 12.1 Å². The molecular formula is C21H19F3N2O5. The second-order valence-corrected chi connectivity index (χ2v) is 6.55. The normalized spacial score (nSPS) is 10.8. The number of rotatable bonds is 4. The summed E-state index contributed by atoms with van der Waals surface area (Å²) >= 11 is 0. The molecule has 4 N–H and O–H groups in total. The molecule has 0 aliphatic rings. The fourth-order valence-corrected chi connectivity index (χ4v) is 2.57. The molecule has 0 aliphatic heterocycles. The summed E-state index contributed by atoms with van der Waals surface area (Å²) in [6, 6.07) is 14.2. The molecule has 0 unspecified atom stereocenters. The van der Waals surface area contributed by atoms with E-state index in [-0.39, 0.29) is 5.91 Å². The van der Waals surface area contributed by atoms with Gasteiger partial charge in [0, 0.05) is 35.3 Å². The first-order chi connectivity index (χ1) is 14.5. The van der Waals surface area contributed by atoms with E-state index < -0.39 is 17.8 Å². The first kappa shape index (κ1) is 23.5. The third-order valence-electron chi connectivity index (χ3n) is 4.10. The monoisotopic (exact) mass is 436 g/mol. The van der Waals surface area contributed by atoms with Gasteiger partial charge in [-0.05, 0) is 48.7 Å². The Morgan fingerprint density at radius 1 is 1.10 bits per heavy atom. The predicted octanol–water partition coefficient (Wildman–Crippen LogP) is 3.89. The van der Waals surface area contributed by atoms with E-state index in [1.165, 1.54) is 6.07 Å². The Labute approximate surface area is 174 Å². The molecular weight excluding hydrogens is 417 g/mol. The van der Waals surface area contributed by atoms with Gasteiger partial charge in [-0.2, -0.15) is 13.2 Å². The van der Waals surface area contributed by atoms with Crippen LogP contribution < -0.4 is 16.7 Å². The predicted molar refractivity (Wildman–Crippen MR) is 109 cm³/mol. The molecule has 0 saturated carbocycles. The quantitative estimate of drug-likeness (QED) is 0.421. The van der Waals surface area contributed by atoms with Crippen LogP contribution in [-0.2, 0) is 16.0 Å². The third-order valence-corrected chi connectivity index (χ3v) is 4.10. The van der Waals surface area contributed by atoms with Crippen molar-refractivity contribution in [1.29, 1.82) is 0 Å². The number of anilines is 2. The average Bonchev–Trinajstić information content (AvgIpc) is 2.67. The molecule has 164 valence electrons. The zero-order valence-electron chi connectivity index (χ0n) is 16.3. The first-order valence-corrected chi connectivity index (χ1v) is 8.94. The van der Waals surface area contributed by atoms with Crippen molar-refractivity contribution in [2.45, 2.75) is 25.9 Å². The van der Waals surface area contributed by atoms with Gasteiger partial charge < -0.3 is 20.6 Å². The SMILES string of the molecule is Cc1cc(=O)oc2cc(NC(=O)CCc3ccc(N)cc3)ccc12.O=C(O)C(F)(F)F. The smallest absolute Gasteiger partial charge is 0.475 e. The summed E-state index contributed by atoms with van der Waals surface area (Å²) in [5, 5.41) is 10.8. The highest BCUT2D eigenvalue weighted by molar-refractivity contribution is 5.93.